The highest BCUT2D eigenvalue weighted by molar-refractivity contribution is 5.37. The van der Waals surface area contributed by atoms with Crippen LogP contribution in [0.4, 0.5) is 0 Å². The normalized spacial score (nSPS) is 8.86. The predicted molar refractivity (Wildman–Crippen MR) is 52.2 cm³/mol. The fourth-order valence-corrected chi connectivity index (χ4v) is 0.935. The van der Waals surface area contributed by atoms with E-state index in [1.807, 2.05) is 12.1 Å². The molecule has 2 heterocycles. The molecule has 0 aliphatic heterocycles. The van der Waals surface area contributed by atoms with Gasteiger partial charge in [-0.25, -0.2) is 4.98 Å². The van der Waals surface area contributed by atoms with Gasteiger partial charge in [-0.05, 0) is 18.1 Å². The number of pyridine rings is 1. The molecule has 3 nitrogen and oxygen atoms in total. The van der Waals surface area contributed by atoms with Crippen LogP contribution in [0.2, 0.25) is 0 Å². The van der Waals surface area contributed by atoms with E-state index in [1.54, 1.807) is 31.0 Å². The molecular formula is C11H7N3. The molecule has 66 valence electrons. The van der Waals surface area contributed by atoms with Crippen molar-refractivity contribution >= 4 is 0 Å². The summed E-state index contributed by atoms with van der Waals surface area (Å²) in [6.45, 7) is 0. The predicted octanol–water partition coefficient (Wildman–Crippen LogP) is 1.27. The summed E-state index contributed by atoms with van der Waals surface area (Å²) in [7, 11) is 0. The molecule has 0 saturated heterocycles. The van der Waals surface area contributed by atoms with Gasteiger partial charge in [0, 0.05) is 30.4 Å². The Hall–Kier alpha value is -2.21. The van der Waals surface area contributed by atoms with Crippen molar-refractivity contribution in [2.24, 2.45) is 0 Å². The molecule has 14 heavy (non-hydrogen) atoms. The summed E-state index contributed by atoms with van der Waals surface area (Å²) in [5.41, 5.74) is 1.59. The summed E-state index contributed by atoms with van der Waals surface area (Å²) in [6.07, 6.45) is 8.30. The largest absolute Gasteiger partial charge is 0.265 e. The van der Waals surface area contributed by atoms with Crippen LogP contribution < -0.4 is 0 Å². The zero-order valence-electron chi connectivity index (χ0n) is 7.38. The molecule has 3 heteroatoms. The Morgan fingerprint density at radius 3 is 2.43 bits per heavy atom. The molecule has 0 aliphatic carbocycles. The molecule has 2 rings (SSSR count). The Morgan fingerprint density at radius 2 is 1.71 bits per heavy atom. The van der Waals surface area contributed by atoms with E-state index < -0.39 is 0 Å². The fourth-order valence-electron chi connectivity index (χ4n) is 0.935. The van der Waals surface area contributed by atoms with Crippen molar-refractivity contribution in [2.75, 3.05) is 0 Å². The monoisotopic (exact) mass is 181 g/mol. The SMILES string of the molecule is C(#Cc1cnccn1)c1ccncc1. The minimum atomic E-state index is 0.671. The summed E-state index contributed by atoms with van der Waals surface area (Å²) in [5, 5.41) is 0. The lowest BCUT2D eigenvalue weighted by molar-refractivity contribution is 1.17. The zero-order valence-corrected chi connectivity index (χ0v) is 7.38. The standard InChI is InChI=1S/C11H7N3/c1(10-3-5-12-6-4-10)2-11-9-13-7-8-14-11/h3-9H. The van der Waals surface area contributed by atoms with Crippen LogP contribution in [0.3, 0.4) is 0 Å². The van der Waals surface area contributed by atoms with Crippen LogP contribution in [0.25, 0.3) is 0 Å². The quantitative estimate of drug-likeness (QED) is 0.574. The molecule has 0 saturated carbocycles. The Morgan fingerprint density at radius 1 is 0.857 bits per heavy atom. The maximum absolute atomic E-state index is 4.04. The maximum atomic E-state index is 4.04. The van der Waals surface area contributed by atoms with Gasteiger partial charge in [0.05, 0.1) is 6.20 Å². The van der Waals surface area contributed by atoms with Crippen molar-refractivity contribution in [3.05, 3.63) is 54.4 Å². The van der Waals surface area contributed by atoms with E-state index in [1.165, 1.54) is 0 Å². The molecule has 0 aromatic carbocycles. The molecule has 0 radical (unpaired) electrons. The van der Waals surface area contributed by atoms with E-state index in [9.17, 15) is 0 Å². The summed E-state index contributed by atoms with van der Waals surface area (Å²) in [4.78, 5) is 11.9. The third kappa shape index (κ3) is 2.14. The van der Waals surface area contributed by atoms with Gasteiger partial charge >= 0.3 is 0 Å². The topological polar surface area (TPSA) is 38.7 Å². The van der Waals surface area contributed by atoms with Gasteiger partial charge in [0.25, 0.3) is 0 Å². The average Bonchev–Trinajstić information content (AvgIpc) is 2.29. The third-order valence-corrected chi connectivity index (χ3v) is 1.58. The first-order valence-electron chi connectivity index (χ1n) is 4.13. The molecule has 0 N–H and O–H groups in total. The van der Waals surface area contributed by atoms with Crippen molar-refractivity contribution < 1.29 is 0 Å². The van der Waals surface area contributed by atoms with Crippen LogP contribution in [0.1, 0.15) is 11.3 Å². The first kappa shape index (κ1) is 8.39. The number of aromatic nitrogens is 3. The van der Waals surface area contributed by atoms with Crippen molar-refractivity contribution in [1.29, 1.82) is 0 Å². The molecule has 0 atom stereocenters. The highest BCUT2D eigenvalue weighted by atomic mass is 14.7. The highest BCUT2D eigenvalue weighted by Gasteiger charge is 1.85. The second kappa shape index (κ2) is 4.15. The van der Waals surface area contributed by atoms with Crippen LogP contribution >= 0.6 is 0 Å². The first-order chi connectivity index (χ1) is 6.95. The van der Waals surface area contributed by atoms with Crippen LogP contribution in [0, 0.1) is 11.8 Å². The first-order valence-corrected chi connectivity index (χ1v) is 4.13. The second-order valence-electron chi connectivity index (χ2n) is 2.58. The Balaban J connectivity index is 2.24. The van der Waals surface area contributed by atoms with Gasteiger partial charge in [0.15, 0.2) is 0 Å². The lowest BCUT2D eigenvalue weighted by Crippen LogP contribution is -1.82. The van der Waals surface area contributed by atoms with E-state index in [4.69, 9.17) is 0 Å². The summed E-state index contributed by atoms with van der Waals surface area (Å²) in [5.74, 6) is 5.88. The van der Waals surface area contributed by atoms with E-state index in [2.05, 4.69) is 26.8 Å². The smallest absolute Gasteiger partial charge is 0.131 e. The fraction of sp³-hybridized carbons (Fsp3) is 0. The molecule has 0 bridgehead atoms. The Kier molecular flexibility index (Phi) is 2.49. The van der Waals surface area contributed by atoms with Gasteiger partial charge in [0.2, 0.25) is 0 Å². The minimum Gasteiger partial charge on any atom is -0.265 e. The molecule has 0 aliphatic rings. The number of nitrogens with zero attached hydrogens (tertiary/aromatic N) is 3. The van der Waals surface area contributed by atoms with Crippen molar-refractivity contribution in [3.63, 3.8) is 0 Å². The zero-order chi connectivity index (χ0) is 9.64. The number of hydrogen-bond donors (Lipinski definition) is 0. The lowest BCUT2D eigenvalue weighted by atomic mass is 10.3. The Bertz CT molecular complexity index is 411. The van der Waals surface area contributed by atoms with Crippen LogP contribution in [0.5, 0.6) is 0 Å². The van der Waals surface area contributed by atoms with Crippen molar-refractivity contribution in [1.82, 2.24) is 15.0 Å². The van der Waals surface area contributed by atoms with E-state index in [-0.39, 0.29) is 0 Å². The van der Waals surface area contributed by atoms with Crippen molar-refractivity contribution in [3.8, 4) is 11.8 Å². The van der Waals surface area contributed by atoms with Crippen molar-refractivity contribution in [2.45, 2.75) is 0 Å². The molecule has 0 spiro atoms. The Labute approximate surface area is 81.9 Å². The average molecular weight is 181 g/mol. The van der Waals surface area contributed by atoms with E-state index in [0.29, 0.717) is 5.69 Å². The van der Waals surface area contributed by atoms with Gasteiger partial charge in [-0.3, -0.25) is 9.97 Å². The molecule has 2 aromatic rings. The van der Waals surface area contributed by atoms with Gasteiger partial charge < -0.3 is 0 Å². The molecular weight excluding hydrogens is 174 g/mol. The lowest BCUT2D eigenvalue weighted by Gasteiger charge is -1.87. The van der Waals surface area contributed by atoms with Crippen LogP contribution in [-0.2, 0) is 0 Å². The summed E-state index contributed by atoms with van der Waals surface area (Å²) < 4.78 is 0. The van der Waals surface area contributed by atoms with Crippen LogP contribution in [-0.4, -0.2) is 15.0 Å². The minimum absolute atomic E-state index is 0.671. The molecule has 0 amide bonds. The van der Waals surface area contributed by atoms with Gasteiger partial charge in [-0.15, -0.1) is 0 Å². The molecule has 2 aromatic heterocycles. The number of hydrogen-bond acceptors (Lipinski definition) is 3. The van der Waals surface area contributed by atoms with E-state index >= 15 is 0 Å². The van der Waals surface area contributed by atoms with Crippen LogP contribution in [0.15, 0.2) is 43.1 Å². The van der Waals surface area contributed by atoms with Gasteiger partial charge in [-0.1, -0.05) is 5.92 Å². The molecule has 0 unspecified atom stereocenters. The maximum Gasteiger partial charge on any atom is 0.131 e. The summed E-state index contributed by atoms with van der Waals surface area (Å²) in [6, 6.07) is 3.70. The van der Waals surface area contributed by atoms with Gasteiger partial charge in [-0.2, -0.15) is 0 Å². The third-order valence-electron chi connectivity index (χ3n) is 1.58. The number of rotatable bonds is 0. The molecule has 0 fully saturated rings. The second-order valence-corrected chi connectivity index (χ2v) is 2.58. The van der Waals surface area contributed by atoms with Gasteiger partial charge in [0.1, 0.15) is 5.69 Å². The van der Waals surface area contributed by atoms with E-state index in [0.717, 1.165) is 5.56 Å². The highest BCUT2D eigenvalue weighted by Crippen LogP contribution is 1.93. The summed E-state index contributed by atoms with van der Waals surface area (Å²) >= 11 is 0.